The summed E-state index contributed by atoms with van der Waals surface area (Å²) in [5, 5.41) is 10.1. The van der Waals surface area contributed by atoms with E-state index in [0.29, 0.717) is 0 Å². The Kier molecular flexibility index (Phi) is 5.17. The molecule has 100 valence electrons. The van der Waals surface area contributed by atoms with Crippen LogP contribution in [0.4, 0.5) is 0 Å². The Hall–Kier alpha value is -1.60. The molecule has 1 heteroatoms. The second-order valence-electron chi connectivity index (χ2n) is 5.05. The highest BCUT2D eigenvalue weighted by molar-refractivity contribution is 5.32. The molecule has 1 nitrogen and oxygen atoms in total. The Labute approximate surface area is 115 Å². The topological polar surface area (TPSA) is 20.2 Å². The molecule has 0 aliphatic carbocycles. The van der Waals surface area contributed by atoms with Gasteiger partial charge in [-0.25, -0.2) is 0 Å². The zero-order chi connectivity index (χ0) is 13.5. The standard InChI is InChI=1S/C18H22O/c1-2-9-17(19)14-18(15-10-5-3-6-11-15)16-12-7-4-8-13-16/h3-8,10-13,17-19H,2,9,14H2,1H3/t17-/m0/s1. The second kappa shape index (κ2) is 7.10. The summed E-state index contributed by atoms with van der Waals surface area (Å²) in [6.07, 6.45) is 2.46. The normalized spacial score (nSPS) is 12.6. The fourth-order valence-corrected chi connectivity index (χ4v) is 2.56. The van der Waals surface area contributed by atoms with E-state index in [0.717, 1.165) is 19.3 Å². The molecule has 2 aromatic rings. The molecule has 0 aliphatic rings. The van der Waals surface area contributed by atoms with Gasteiger partial charge < -0.3 is 5.11 Å². The predicted molar refractivity (Wildman–Crippen MR) is 80.3 cm³/mol. The van der Waals surface area contributed by atoms with E-state index in [1.54, 1.807) is 0 Å². The largest absolute Gasteiger partial charge is 0.393 e. The SMILES string of the molecule is CCC[C@H](O)CC(c1ccccc1)c1ccccc1. The Morgan fingerprint density at radius 1 is 0.842 bits per heavy atom. The van der Waals surface area contributed by atoms with Crippen molar-refractivity contribution in [2.45, 2.75) is 38.2 Å². The summed E-state index contributed by atoms with van der Waals surface area (Å²) >= 11 is 0. The van der Waals surface area contributed by atoms with Crippen molar-refractivity contribution >= 4 is 0 Å². The Morgan fingerprint density at radius 3 is 1.74 bits per heavy atom. The van der Waals surface area contributed by atoms with Crippen molar-refractivity contribution in [1.29, 1.82) is 0 Å². The van der Waals surface area contributed by atoms with Crippen molar-refractivity contribution < 1.29 is 5.11 Å². The first-order valence-electron chi connectivity index (χ1n) is 7.09. The first-order chi connectivity index (χ1) is 9.31. The summed E-state index contributed by atoms with van der Waals surface area (Å²) in [5.41, 5.74) is 2.56. The van der Waals surface area contributed by atoms with Gasteiger partial charge in [0.1, 0.15) is 0 Å². The fraction of sp³-hybridized carbons (Fsp3) is 0.333. The zero-order valence-corrected chi connectivity index (χ0v) is 11.5. The van der Waals surface area contributed by atoms with E-state index in [1.165, 1.54) is 11.1 Å². The minimum Gasteiger partial charge on any atom is -0.393 e. The summed E-state index contributed by atoms with van der Waals surface area (Å²) in [4.78, 5) is 0. The van der Waals surface area contributed by atoms with Crippen molar-refractivity contribution in [3.63, 3.8) is 0 Å². The maximum Gasteiger partial charge on any atom is 0.0549 e. The van der Waals surface area contributed by atoms with Crippen molar-refractivity contribution in [3.8, 4) is 0 Å². The predicted octanol–water partition coefficient (Wildman–Crippen LogP) is 4.37. The molecular formula is C18H22O. The maximum atomic E-state index is 10.1. The Morgan fingerprint density at radius 2 is 1.32 bits per heavy atom. The van der Waals surface area contributed by atoms with Crippen LogP contribution >= 0.6 is 0 Å². The van der Waals surface area contributed by atoms with Crippen LogP contribution in [0.1, 0.15) is 43.2 Å². The third-order valence-electron chi connectivity index (χ3n) is 3.53. The molecule has 0 saturated heterocycles. The van der Waals surface area contributed by atoms with E-state index in [4.69, 9.17) is 0 Å². The van der Waals surface area contributed by atoms with Crippen LogP contribution in [-0.4, -0.2) is 11.2 Å². The monoisotopic (exact) mass is 254 g/mol. The maximum absolute atomic E-state index is 10.1. The van der Waals surface area contributed by atoms with Crippen LogP contribution in [0.15, 0.2) is 60.7 Å². The van der Waals surface area contributed by atoms with E-state index in [1.807, 2.05) is 12.1 Å². The van der Waals surface area contributed by atoms with Gasteiger partial charge in [-0.3, -0.25) is 0 Å². The number of aliphatic hydroxyl groups excluding tert-OH is 1. The quantitative estimate of drug-likeness (QED) is 0.811. The van der Waals surface area contributed by atoms with Crippen LogP contribution in [0.25, 0.3) is 0 Å². The summed E-state index contributed by atoms with van der Waals surface area (Å²) in [6.45, 7) is 2.11. The van der Waals surface area contributed by atoms with E-state index >= 15 is 0 Å². The van der Waals surface area contributed by atoms with Gasteiger partial charge in [0.15, 0.2) is 0 Å². The highest BCUT2D eigenvalue weighted by atomic mass is 16.3. The van der Waals surface area contributed by atoms with Crippen molar-refractivity contribution in [2.75, 3.05) is 0 Å². The van der Waals surface area contributed by atoms with Gasteiger partial charge in [0.2, 0.25) is 0 Å². The molecule has 1 atom stereocenters. The molecule has 0 fully saturated rings. The molecule has 0 unspecified atom stereocenters. The molecule has 0 saturated carbocycles. The van der Waals surface area contributed by atoms with E-state index < -0.39 is 0 Å². The molecule has 0 radical (unpaired) electrons. The summed E-state index contributed by atoms with van der Waals surface area (Å²) in [7, 11) is 0. The highest BCUT2D eigenvalue weighted by Gasteiger charge is 2.17. The lowest BCUT2D eigenvalue weighted by Crippen LogP contribution is -2.13. The Bertz CT molecular complexity index is 424. The molecule has 0 spiro atoms. The minimum atomic E-state index is -0.226. The van der Waals surface area contributed by atoms with Crippen molar-refractivity contribution in [1.82, 2.24) is 0 Å². The van der Waals surface area contributed by atoms with Gasteiger partial charge in [0, 0.05) is 5.92 Å². The first-order valence-corrected chi connectivity index (χ1v) is 7.09. The number of rotatable bonds is 6. The van der Waals surface area contributed by atoms with E-state index in [-0.39, 0.29) is 12.0 Å². The number of hydrogen-bond acceptors (Lipinski definition) is 1. The van der Waals surface area contributed by atoms with Gasteiger partial charge in [0.05, 0.1) is 6.10 Å². The molecular weight excluding hydrogens is 232 g/mol. The molecule has 1 N–H and O–H groups in total. The van der Waals surface area contributed by atoms with Crippen LogP contribution in [0.3, 0.4) is 0 Å². The van der Waals surface area contributed by atoms with Gasteiger partial charge in [0.25, 0.3) is 0 Å². The molecule has 19 heavy (non-hydrogen) atoms. The molecule has 0 aromatic heterocycles. The highest BCUT2D eigenvalue weighted by Crippen LogP contribution is 2.29. The molecule has 2 rings (SSSR count). The number of benzene rings is 2. The molecule has 0 bridgehead atoms. The van der Waals surface area contributed by atoms with Crippen LogP contribution in [0.5, 0.6) is 0 Å². The van der Waals surface area contributed by atoms with Crippen LogP contribution in [0, 0.1) is 0 Å². The lowest BCUT2D eigenvalue weighted by molar-refractivity contribution is 0.148. The number of aliphatic hydroxyl groups is 1. The first kappa shape index (κ1) is 13.8. The summed E-state index contributed by atoms with van der Waals surface area (Å²) in [5.74, 6) is 0.281. The van der Waals surface area contributed by atoms with E-state index in [9.17, 15) is 5.11 Å². The van der Waals surface area contributed by atoms with Crippen LogP contribution < -0.4 is 0 Å². The average molecular weight is 254 g/mol. The fourth-order valence-electron chi connectivity index (χ4n) is 2.56. The second-order valence-corrected chi connectivity index (χ2v) is 5.05. The van der Waals surface area contributed by atoms with Gasteiger partial charge in [-0.2, -0.15) is 0 Å². The van der Waals surface area contributed by atoms with Gasteiger partial charge in [-0.1, -0.05) is 74.0 Å². The summed E-state index contributed by atoms with van der Waals surface area (Å²) in [6, 6.07) is 20.9. The van der Waals surface area contributed by atoms with Gasteiger partial charge in [-0.15, -0.1) is 0 Å². The van der Waals surface area contributed by atoms with Gasteiger partial charge >= 0.3 is 0 Å². The lowest BCUT2D eigenvalue weighted by atomic mass is 9.86. The third-order valence-corrected chi connectivity index (χ3v) is 3.53. The zero-order valence-electron chi connectivity index (χ0n) is 11.5. The smallest absolute Gasteiger partial charge is 0.0549 e. The van der Waals surface area contributed by atoms with Crippen molar-refractivity contribution in [3.05, 3.63) is 71.8 Å². The third kappa shape index (κ3) is 3.93. The van der Waals surface area contributed by atoms with Gasteiger partial charge in [-0.05, 0) is 24.0 Å². The molecule has 0 aliphatic heterocycles. The van der Waals surface area contributed by atoms with Crippen LogP contribution in [0.2, 0.25) is 0 Å². The molecule has 0 amide bonds. The van der Waals surface area contributed by atoms with E-state index in [2.05, 4.69) is 55.5 Å². The molecule has 2 aromatic carbocycles. The minimum absolute atomic E-state index is 0.226. The lowest BCUT2D eigenvalue weighted by Gasteiger charge is -2.21. The molecule has 0 heterocycles. The van der Waals surface area contributed by atoms with Crippen molar-refractivity contribution in [2.24, 2.45) is 0 Å². The number of hydrogen-bond donors (Lipinski definition) is 1. The summed E-state index contributed by atoms with van der Waals surface area (Å²) < 4.78 is 0. The van der Waals surface area contributed by atoms with Crippen LogP contribution in [-0.2, 0) is 0 Å². The Balaban J connectivity index is 2.24. The average Bonchev–Trinajstić information content (AvgIpc) is 2.47.